The number of nitrogens with one attached hydrogen (secondary N) is 1. The minimum absolute atomic E-state index is 0.0409. The first-order valence-electron chi connectivity index (χ1n) is 8.54. The Kier molecular flexibility index (Phi) is 5.11. The van der Waals surface area contributed by atoms with Gasteiger partial charge in [0.05, 0.1) is 6.04 Å². The lowest BCUT2D eigenvalue weighted by molar-refractivity contribution is -0.135. The molecule has 1 aliphatic heterocycles. The van der Waals surface area contributed by atoms with Crippen molar-refractivity contribution >= 4 is 5.91 Å². The van der Waals surface area contributed by atoms with Gasteiger partial charge in [-0.05, 0) is 44.9 Å². The molecule has 1 saturated heterocycles. The van der Waals surface area contributed by atoms with Gasteiger partial charge in [-0.1, -0.05) is 33.1 Å². The summed E-state index contributed by atoms with van der Waals surface area (Å²) >= 11 is 0. The smallest absolute Gasteiger partial charge is 0.239 e. The second-order valence-electron chi connectivity index (χ2n) is 7.28. The van der Waals surface area contributed by atoms with Crippen LogP contribution in [0.5, 0.6) is 0 Å². The Bertz CT molecular complexity index is 344. The van der Waals surface area contributed by atoms with Crippen molar-refractivity contribution < 1.29 is 4.79 Å². The molecule has 0 aromatic rings. The second-order valence-corrected chi connectivity index (χ2v) is 7.28. The van der Waals surface area contributed by atoms with Crippen LogP contribution in [0.3, 0.4) is 0 Å². The third-order valence-electron chi connectivity index (χ3n) is 5.49. The average molecular weight is 280 g/mol. The summed E-state index contributed by atoms with van der Waals surface area (Å²) in [5, 5.41) is 3.47. The molecule has 2 rings (SSSR count). The van der Waals surface area contributed by atoms with Gasteiger partial charge in [-0.3, -0.25) is 4.79 Å². The molecule has 20 heavy (non-hydrogen) atoms. The number of amides is 1. The summed E-state index contributed by atoms with van der Waals surface area (Å²) in [6.07, 6.45) is 8.64. The van der Waals surface area contributed by atoms with E-state index in [-0.39, 0.29) is 6.04 Å². The molecular weight excluding hydrogens is 248 g/mol. The van der Waals surface area contributed by atoms with Gasteiger partial charge in [0.15, 0.2) is 0 Å². The van der Waals surface area contributed by atoms with Crippen LogP contribution in [-0.2, 0) is 4.79 Å². The highest BCUT2D eigenvalue weighted by molar-refractivity contribution is 5.82. The second kappa shape index (κ2) is 6.46. The van der Waals surface area contributed by atoms with Crippen LogP contribution in [0.25, 0.3) is 0 Å². The molecule has 0 aromatic carbocycles. The third kappa shape index (κ3) is 3.19. The Morgan fingerprint density at radius 3 is 2.80 bits per heavy atom. The van der Waals surface area contributed by atoms with Crippen molar-refractivity contribution in [2.45, 2.75) is 90.8 Å². The lowest BCUT2D eigenvalue weighted by Crippen LogP contribution is -2.51. The first-order valence-corrected chi connectivity index (χ1v) is 8.54. The number of hydrogen-bond donors (Lipinski definition) is 1. The lowest BCUT2D eigenvalue weighted by Gasteiger charge is -2.40. The van der Waals surface area contributed by atoms with Crippen molar-refractivity contribution in [3.63, 3.8) is 0 Å². The van der Waals surface area contributed by atoms with E-state index >= 15 is 0 Å². The summed E-state index contributed by atoms with van der Waals surface area (Å²) in [7, 11) is 0. The van der Waals surface area contributed by atoms with Gasteiger partial charge >= 0.3 is 0 Å². The van der Waals surface area contributed by atoms with Crippen molar-refractivity contribution in [2.75, 3.05) is 6.54 Å². The van der Waals surface area contributed by atoms with Crippen molar-refractivity contribution in [1.29, 1.82) is 0 Å². The average Bonchev–Trinajstić information content (AvgIpc) is 2.75. The lowest BCUT2D eigenvalue weighted by atomic mass is 9.72. The SMILES string of the molecule is CCCC(C)NC(C)C(=O)N1CCC2(C)CCCCC12. The monoisotopic (exact) mass is 280 g/mol. The molecule has 116 valence electrons. The van der Waals surface area contributed by atoms with Gasteiger partial charge in [0.1, 0.15) is 0 Å². The molecule has 2 aliphatic rings. The number of carbonyl (C=O) groups excluding carboxylic acids is 1. The maximum atomic E-state index is 12.7. The van der Waals surface area contributed by atoms with Crippen LogP contribution in [0.1, 0.15) is 72.6 Å². The largest absolute Gasteiger partial charge is 0.338 e. The Balaban J connectivity index is 1.95. The summed E-state index contributed by atoms with van der Waals surface area (Å²) in [5.41, 5.74) is 0.392. The van der Waals surface area contributed by atoms with Gasteiger partial charge in [0, 0.05) is 18.6 Å². The van der Waals surface area contributed by atoms with Gasteiger partial charge in [-0.15, -0.1) is 0 Å². The number of likely N-dealkylation sites (tertiary alicyclic amines) is 1. The molecule has 0 radical (unpaired) electrons. The van der Waals surface area contributed by atoms with E-state index in [0.717, 1.165) is 13.0 Å². The van der Waals surface area contributed by atoms with Crippen molar-refractivity contribution in [2.24, 2.45) is 5.41 Å². The zero-order valence-electron chi connectivity index (χ0n) is 13.7. The molecule has 1 aliphatic carbocycles. The molecule has 1 saturated carbocycles. The van der Waals surface area contributed by atoms with Crippen molar-refractivity contribution in [3.05, 3.63) is 0 Å². The fraction of sp³-hybridized carbons (Fsp3) is 0.941. The molecular formula is C17H32N2O. The van der Waals surface area contributed by atoms with E-state index in [0.29, 0.717) is 23.4 Å². The molecule has 3 heteroatoms. The highest BCUT2D eigenvalue weighted by atomic mass is 16.2. The summed E-state index contributed by atoms with van der Waals surface area (Å²) in [4.78, 5) is 14.9. The van der Waals surface area contributed by atoms with Crippen LogP contribution in [0.4, 0.5) is 0 Å². The highest BCUT2D eigenvalue weighted by Gasteiger charge is 2.47. The maximum Gasteiger partial charge on any atom is 0.239 e. The van der Waals surface area contributed by atoms with Crippen LogP contribution in [0, 0.1) is 5.41 Å². The van der Waals surface area contributed by atoms with E-state index in [1.807, 2.05) is 6.92 Å². The summed E-state index contributed by atoms with van der Waals surface area (Å²) in [6.45, 7) is 9.77. The van der Waals surface area contributed by atoms with E-state index in [2.05, 4.69) is 31.0 Å². The van der Waals surface area contributed by atoms with E-state index in [1.54, 1.807) is 0 Å². The van der Waals surface area contributed by atoms with Crippen LogP contribution in [0.15, 0.2) is 0 Å². The molecule has 4 unspecified atom stereocenters. The van der Waals surface area contributed by atoms with Gasteiger partial charge in [-0.25, -0.2) is 0 Å². The molecule has 0 bridgehead atoms. The maximum absolute atomic E-state index is 12.7. The van der Waals surface area contributed by atoms with Crippen molar-refractivity contribution in [1.82, 2.24) is 10.2 Å². The van der Waals surface area contributed by atoms with E-state index in [1.165, 1.54) is 38.5 Å². The zero-order chi connectivity index (χ0) is 14.8. The van der Waals surface area contributed by atoms with Gasteiger partial charge in [0.25, 0.3) is 0 Å². The quantitative estimate of drug-likeness (QED) is 0.837. The number of nitrogens with zero attached hydrogens (tertiary/aromatic N) is 1. The molecule has 1 N–H and O–H groups in total. The minimum atomic E-state index is -0.0409. The number of carbonyl (C=O) groups is 1. The summed E-state index contributed by atoms with van der Waals surface area (Å²) in [5.74, 6) is 0.323. The fourth-order valence-electron chi connectivity index (χ4n) is 4.26. The van der Waals surface area contributed by atoms with E-state index in [4.69, 9.17) is 0 Å². The van der Waals surface area contributed by atoms with Crippen molar-refractivity contribution in [3.8, 4) is 0 Å². The normalized spacial score (nSPS) is 32.8. The molecule has 3 nitrogen and oxygen atoms in total. The van der Waals surface area contributed by atoms with Gasteiger partial charge in [0.2, 0.25) is 5.91 Å². The third-order valence-corrected chi connectivity index (χ3v) is 5.49. The van der Waals surface area contributed by atoms with Gasteiger partial charge < -0.3 is 10.2 Å². The minimum Gasteiger partial charge on any atom is -0.338 e. The highest BCUT2D eigenvalue weighted by Crippen LogP contribution is 2.46. The topological polar surface area (TPSA) is 32.3 Å². The molecule has 2 fully saturated rings. The number of fused-ring (bicyclic) bond motifs is 1. The van der Waals surface area contributed by atoms with Crippen LogP contribution >= 0.6 is 0 Å². The molecule has 0 spiro atoms. The predicted molar refractivity (Wildman–Crippen MR) is 83.7 cm³/mol. The molecule has 1 amide bonds. The van der Waals surface area contributed by atoms with E-state index in [9.17, 15) is 4.79 Å². The molecule has 1 heterocycles. The summed E-state index contributed by atoms with van der Waals surface area (Å²) in [6, 6.07) is 0.884. The molecule has 4 atom stereocenters. The first-order chi connectivity index (χ1) is 9.48. The van der Waals surface area contributed by atoms with Crippen LogP contribution in [-0.4, -0.2) is 35.5 Å². The van der Waals surface area contributed by atoms with Crippen LogP contribution in [0.2, 0.25) is 0 Å². The molecule has 0 aromatic heterocycles. The number of hydrogen-bond acceptors (Lipinski definition) is 2. The Morgan fingerprint density at radius 2 is 2.10 bits per heavy atom. The zero-order valence-corrected chi connectivity index (χ0v) is 13.7. The standard InChI is InChI=1S/C17H32N2O/c1-5-8-13(2)18-14(3)16(20)19-12-11-17(4)10-7-6-9-15(17)19/h13-15,18H,5-12H2,1-4H3. The van der Waals surface area contributed by atoms with E-state index < -0.39 is 0 Å². The fourth-order valence-corrected chi connectivity index (χ4v) is 4.26. The number of rotatable bonds is 5. The predicted octanol–water partition coefficient (Wildman–Crippen LogP) is 3.33. The Hall–Kier alpha value is -0.570. The van der Waals surface area contributed by atoms with Crippen LogP contribution < -0.4 is 5.32 Å². The first kappa shape index (κ1) is 15.8. The van der Waals surface area contributed by atoms with Gasteiger partial charge in [-0.2, -0.15) is 0 Å². The summed E-state index contributed by atoms with van der Waals surface area (Å²) < 4.78 is 0. The Labute approximate surface area is 124 Å². The Morgan fingerprint density at radius 1 is 1.35 bits per heavy atom.